The third kappa shape index (κ3) is 2.19. The van der Waals surface area contributed by atoms with Crippen molar-refractivity contribution in [3.05, 3.63) is 46.2 Å². The molecule has 0 amide bonds. The lowest BCUT2D eigenvalue weighted by Crippen LogP contribution is -1.92. The van der Waals surface area contributed by atoms with Crippen molar-refractivity contribution in [1.29, 1.82) is 5.26 Å². The Bertz CT molecular complexity index is 686. The molecule has 94 valence electrons. The van der Waals surface area contributed by atoms with E-state index in [0.717, 1.165) is 10.4 Å². The summed E-state index contributed by atoms with van der Waals surface area (Å²) in [7, 11) is 0. The van der Waals surface area contributed by atoms with Crippen LogP contribution in [0.25, 0.3) is 10.6 Å². The third-order valence-electron chi connectivity index (χ3n) is 2.72. The predicted octanol–water partition coefficient (Wildman–Crippen LogP) is 4.11. The summed E-state index contributed by atoms with van der Waals surface area (Å²) in [6.07, 6.45) is 0. The van der Waals surface area contributed by atoms with Crippen molar-refractivity contribution in [3.8, 4) is 17.6 Å². The molecule has 1 aliphatic rings. The molecule has 1 aliphatic heterocycles. The molecule has 0 saturated carbocycles. The summed E-state index contributed by atoms with van der Waals surface area (Å²) >= 11 is 7.82. The van der Waals surface area contributed by atoms with E-state index in [1.54, 1.807) is 12.1 Å². The average molecular weight is 290 g/mol. The lowest BCUT2D eigenvalue weighted by atomic mass is 10.1. The van der Waals surface area contributed by atoms with Crippen molar-refractivity contribution in [2.75, 3.05) is 6.79 Å². The van der Waals surface area contributed by atoms with E-state index in [2.05, 4.69) is 6.07 Å². The molecule has 1 aromatic heterocycles. The van der Waals surface area contributed by atoms with Crippen molar-refractivity contribution >= 4 is 33.5 Å². The van der Waals surface area contributed by atoms with Crippen LogP contribution in [0.3, 0.4) is 0 Å². The maximum atomic E-state index is 9.28. The van der Waals surface area contributed by atoms with Crippen molar-refractivity contribution in [1.82, 2.24) is 0 Å². The normalized spacial score (nSPS) is 13.9. The minimum atomic E-state index is 0.218. The van der Waals surface area contributed by atoms with Gasteiger partial charge in [0.1, 0.15) is 6.07 Å². The first-order valence-corrected chi connectivity index (χ1v) is 6.79. The first-order chi connectivity index (χ1) is 9.29. The summed E-state index contributed by atoms with van der Waals surface area (Å²) in [6, 6.07) is 11.3. The van der Waals surface area contributed by atoms with Gasteiger partial charge in [0.05, 0.1) is 10.6 Å². The number of nitrogens with zero attached hydrogens (tertiary/aromatic N) is 1. The fourth-order valence-electron chi connectivity index (χ4n) is 1.81. The molecule has 1 aromatic carbocycles. The van der Waals surface area contributed by atoms with Crippen LogP contribution in [0.15, 0.2) is 35.7 Å². The first-order valence-electron chi connectivity index (χ1n) is 5.53. The van der Waals surface area contributed by atoms with Crippen molar-refractivity contribution in [2.24, 2.45) is 0 Å². The topological polar surface area (TPSA) is 42.2 Å². The summed E-state index contributed by atoms with van der Waals surface area (Å²) in [5.74, 6) is 1.35. The molecule has 0 fully saturated rings. The summed E-state index contributed by atoms with van der Waals surface area (Å²) in [5, 5.41) is 11.6. The summed E-state index contributed by atoms with van der Waals surface area (Å²) in [6.45, 7) is 0.218. The monoisotopic (exact) mass is 289 g/mol. The number of benzene rings is 1. The van der Waals surface area contributed by atoms with Gasteiger partial charge in [0, 0.05) is 4.88 Å². The number of hydrogen-bond acceptors (Lipinski definition) is 4. The number of thiophene rings is 1. The molecule has 2 aromatic rings. The molecular weight excluding hydrogens is 282 g/mol. The van der Waals surface area contributed by atoms with Gasteiger partial charge < -0.3 is 9.47 Å². The Labute approximate surface area is 119 Å². The zero-order valence-corrected chi connectivity index (χ0v) is 11.3. The molecule has 0 radical (unpaired) electrons. The maximum absolute atomic E-state index is 9.28. The van der Waals surface area contributed by atoms with Crippen LogP contribution in [0.5, 0.6) is 11.5 Å². The van der Waals surface area contributed by atoms with E-state index >= 15 is 0 Å². The number of ether oxygens (including phenoxy) is 2. The second-order valence-electron chi connectivity index (χ2n) is 3.85. The highest BCUT2D eigenvalue weighted by Crippen LogP contribution is 2.38. The zero-order valence-electron chi connectivity index (χ0n) is 9.72. The number of nitriles is 1. The third-order valence-corrected chi connectivity index (χ3v) is 4.02. The highest BCUT2D eigenvalue weighted by molar-refractivity contribution is 7.11. The molecule has 0 aliphatic carbocycles. The second kappa shape index (κ2) is 4.96. The molecule has 2 heterocycles. The number of rotatable bonds is 2. The Morgan fingerprint density at radius 1 is 1.26 bits per heavy atom. The molecule has 0 spiro atoms. The maximum Gasteiger partial charge on any atom is 0.231 e. The van der Waals surface area contributed by atoms with Crippen LogP contribution in [0, 0.1) is 11.3 Å². The van der Waals surface area contributed by atoms with Gasteiger partial charge in [0.25, 0.3) is 0 Å². The minimum absolute atomic E-state index is 0.218. The molecule has 0 bridgehead atoms. The van der Waals surface area contributed by atoms with E-state index in [0.29, 0.717) is 22.1 Å². The highest BCUT2D eigenvalue weighted by atomic mass is 35.5. The predicted molar refractivity (Wildman–Crippen MR) is 75.2 cm³/mol. The van der Waals surface area contributed by atoms with Crippen molar-refractivity contribution in [3.63, 3.8) is 0 Å². The number of halogens is 1. The second-order valence-corrected chi connectivity index (χ2v) is 5.17. The Hall–Kier alpha value is -1.96. The molecule has 19 heavy (non-hydrogen) atoms. The van der Waals surface area contributed by atoms with Gasteiger partial charge in [0.15, 0.2) is 11.5 Å². The van der Waals surface area contributed by atoms with Gasteiger partial charge in [-0.3, -0.25) is 0 Å². The summed E-state index contributed by atoms with van der Waals surface area (Å²) in [5.41, 5.74) is 1.21. The molecule has 0 unspecified atom stereocenters. The van der Waals surface area contributed by atoms with E-state index in [-0.39, 0.29) is 6.79 Å². The highest BCUT2D eigenvalue weighted by Gasteiger charge is 2.16. The molecule has 0 atom stereocenters. The summed E-state index contributed by atoms with van der Waals surface area (Å²) < 4.78 is 10.6. The van der Waals surface area contributed by atoms with Gasteiger partial charge in [-0.15, -0.1) is 11.3 Å². The number of fused-ring (bicyclic) bond motifs is 1. The molecule has 3 nitrogen and oxygen atoms in total. The van der Waals surface area contributed by atoms with Crippen LogP contribution in [0.4, 0.5) is 0 Å². The van der Waals surface area contributed by atoms with E-state index in [4.69, 9.17) is 21.1 Å². The quantitative estimate of drug-likeness (QED) is 0.781. The van der Waals surface area contributed by atoms with Crippen molar-refractivity contribution in [2.45, 2.75) is 0 Å². The smallest absolute Gasteiger partial charge is 0.231 e. The van der Waals surface area contributed by atoms with Crippen LogP contribution in [-0.2, 0) is 0 Å². The van der Waals surface area contributed by atoms with Gasteiger partial charge in [-0.1, -0.05) is 17.7 Å². The molecule has 0 saturated heterocycles. The largest absolute Gasteiger partial charge is 0.454 e. The van der Waals surface area contributed by atoms with E-state index in [1.807, 2.05) is 23.6 Å². The molecular formula is C14H8ClNO2S. The van der Waals surface area contributed by atoms with Crippen LogP contribution in [-0.4, -0.2) is 6.79 Å². The molecule has 0 N–H and O–H groups in total. The zero-order chi connectivity index (χ0) is 13.2. The molecule has 3 rings (SSSR count). The van der Waals surface area contributed by atoms with E-state index in [1.165, 1.54) is 11.3 Å². The average Bonchev–Trinajstić information content (AvgIpc) is 3.09. The van der Waals surface area contributed by atoms with Gasteiger partial charge in [-0.25, -0.2) is 0 Å². The summed E-state index contributed by atoms with van der Waals surface area (Å²) in [4.78, 5) is 0.852. The Balaban J connectivity index is 2.08. The first kappa shape index (κ1) is 12.1. The minimum Gasteiger partial charge on any atom is -0.454 e. The Kier molecular flexibility index (Phi) is 3.16. The van der Waals surface area contributed by atoms with Crippen LogP contribution < -0.4 is 9.47 Å². The SMILES string of the molecule is N#CC(=C(Cl)c1ccc2c(c1)OCO2)c1cccs1. The van der Waals surface area contributed by atoms with Crippen LogP contribution in [0.2, 0.25) is 0 Å². The van der Waals surface area contributed by atoms with Gasteiger partial charge in [-0.05, 0) is 35.2 Å². The standard InChI is InChI=1S/C14H8ClNO2S/c15-14(10(7-16)13-2-1-5-19-13)9-3-4-11-12(6-9)18-8-17-11/h1-6H,8H2. The van der Waals surface area contributed by atoms with Gasteiger partial charge in [-0.2, -0.15) is 5.26 Å². The Morgan fingerprint density at radius 2 is 2.11 bits per heavy atom. The van der Waals surface area contributed by atoms with Crippen molar-refractivity contribution < 1.29 is 9.47 Å². The van der Waals surface area contributed by atoms with Crippen LogP contribution >= 0.6 is 22.9 Å². The van der Waals surface area contributed by atoms with E-state index in [9.17, 15) is 5.26 Å². The Morgan fingerprint density at radius 3 is 2.84 bits per heavy atom. The lowest BCUT2D eigenvalue weighted by Gasteiger charge is -2.04. The van der Waals surface area contributed by atoms with E-state index < -0.39 is 0 Å². The fraction of sp³-hybridized carbons (Fsp3) is 0.0714. The number of allylic oxidation sites excluding steroid dienone is 1. The lowest BCUT2D eigenvalue weighted by molar-refractivity contribution is 0.174. The van der Waals surface area contributed by atoms with Gasteiger partial charge >= 0.3 is 0 Å². The number of hydrogen-bond donors (Lipinski definition) is 0. The van der Waals surface area contributed by atoms with Gasteiger partial charge in [0.2, 0.25) is 6.79 Å². The molecule has 5 heteroatoms. The fourth-order valence-corrected chi connectivity index (χ4v) is 2.85. The van der Waals surface area contributed by atoms with Crippen LogP contribution in [0.1, 0.15) is 10.4 Å².